The number of ether oxygens (including phenoxy) is 1. The summed E-state index contributed by atoms with van der Waals surface area (Å²) < 4.78 is 5.13. The lowest BCUT2D eigenvalue weighted by atomic mass is 9.94. The normalized spacial score (nSPS) is 14.6. The SMILES string of the molecule is COc1ccc(C(C(C)C)N(C)C(=O)/C(O)=C/C(N)O)cc1. The molecule has 0 aliphatic carbocycles. The topological polar surface area (TPSA) is 96.0 Å². The molecule has 0 saturated carbocycles. The van der Waals surface area contributed by atoms with E-state index in [-0.39, 0.29) is 12.0 Å². The highest BCUT2D eigenvalue weighted by atomic mass is 16.5. The van der Waals surface area contributed by atoms with E-state index in [9.17, 15) is 9.90 Å². The van der Waals surface area contributed by atoms with Gasteiger partial charge in [0.2, 0.25) is 0 Å². The van der Waals surface area contributed by atoms with Crippen LogP contribution in [0, 0.1) is 5.92 Å². The van der Waals surface area contributed by atoms with Gasteiger partial charge in [0.15, 0.2) is 5.76 Å². The van der Waals surface area contributed by atoms with Gasteiger partial charge in [0, 0.05) is 13.1 Å². The van der Waals surface area contributed by atoms with Crippen LogP contribution in [-0.2, 0) is 4.79 Å². The Balaban J connectivity index is 3.06. The minimum Gasteiger partial charge on any atom is -0.503 e. The fourth-order valence-electron chi connectivity index (χ4n) is 2.40. The van der Waals surface area contributed by atoms with Gasteiger partial charge < -0.3 is 25.6 Å². The maximum Gasteiger partial charge on any atom is 0.288 e. The third kappa shape index (κ3) is 4.47. The zero-order valence-corrected chi connectivity index (χ0v) is 13.4. The molecule has 1 rings (SSSR count). The summed E-state index contributed by atoms with van der Waals surface area (Å²) in [6.07, 6.45) is -0.472. The number of hydrogen-bond acceptors (Lipinski definition) is 5. The molecule has 0 fully saturated rings. The molecule has 4 N–H and O–H groups in total. The first-order valence-corrected chi connectivity index (χ1v) is 7.03. The van der Waals surface area contributed by atoms with Crippen LogP contribution in [0.4, 0.5) is 0 Å². The van der Waals surface area contributed by atoms with Crippen molar-refractivity contribution in [1.82, 2.24) is 4.90 Å². The van der Waals surface area contributed by atoms with Crippen LogP contribution in [0.1, 0.15) is 25.5 Å². The molecule has 6 nitrogen and oxygen atoms in total. The van der Waals surface area contributed by atoms with Crippen molar-refractivity contribution in [3.05, 3.63) is 41.7 Å². The molecule has 0 aliphatic rings. The van der Waals surface area contributed by atoms with E-state index in [0.29, 0.717) is 0 Å². The molecular formula is C16H24N2O4. The highest BCUT2D eigenvalue weighted by Gasteiger charge is 2.26. The zero-order valence-electron chi connectivity index (χ0n) is 13.4. The third-order valence-corrected chi connectivity index (χ3v) is 3.37. The number of carbonyl (C=O) groups excluding carboxylic acids is 1. The van der Waals surface area contributed by atoms with Gasteiger partial charge in [-0.2, -0.15) is 0 Å². The molecular weight excluding hydrogens is 284 g/mol. The zero-order chi connectivity index (χ0) is 16.9. The van der Waals surface area contributed by atoms with Crippen LogP contribution in [0.2, 0.25) is 0 Å². The van der Waals surface area contributed by atoms with Gasteiger partial charge in [-0.25, -0.2) is 0 Å². The highest BCUT2D eigenvalue weighted by molar-refractivity contribution is 5.91. The molecule has 22 heavy (non-hydrogen) atoms. The van der Waals surface area contributed by atoms with E-state index in [4.69, 9.17) is 15.6 Å². The predicted molar refractivity (Wildman–Crippen MR) is 84.2 cm³/mol. The van der Waals surface area contributed by atoms with Gasteiger partial charge in [0.25, 0.3) is 5.91 Å². The molecule has 2 unspecified atom stereocenters. The second kappa shape index (κ2) is 7.82. The van der Waals surface area contributed by atoms with Crippen LogP contribution in [0.25, 0.3) is 0 Å². The smallest absolute Gasteiger partial charge is 0.288 e. The van der Waals surface area contributed by atoms with Gasteiger partial charge in [-0.3, -0.25) is 4.79 Å². The Labute approximate surface area is 130 Å². The molecule has 122 valence electrons. The molecule has 6 heteroatoms. The number of nitrogens with zero attached hydrogens (tertiary/aromatic N) is 1. The molecule has 0 spiro atoms. The Hall–Kier alpha value is -2.05. The minimum atomic E-state index is -1.38. The highest BCUT2D eigenvalue weighted by Crippen LogP contribution is 2.29. The number of likely N-dealkylation sites (N-methyl/N-ethyl adjacent to an activating group) is 1. The van der Waals surface area contributed by atoms with Crippen molar-refractivity contribution in [2.24, 2.45) is 11.7 Å². The van der Waals surface area contributed by atoms with E-state index < -0.39 is 17.9 Å². The van der Waals surface area contributed by atoms with Gasteiger partial charge in [-0.15, -0.1) is 0 Å². The largest absolute Gasteiger partial charge is 0.503 e. The number of amides is 1. The summed E-state index contributed by atoms with van der Waals surface area (Å²) in [7, 11) is 3.19. The standard InChI is InChI=1S/C16H24N2O4/c1-10(2)15(11-5-7-12(22-4)8-6-11)18(3)16(21)13(19)9-14(17)20/h5-10,14-15,19-20H,17H2,1-4H3/b13-9-. The molecule has 0 saturated heterocycles. The summed E-state index contributed by atoms with van der Waals surface area (Å²) >= 11 is 0. The van der Waals surface area contributed by atoms with Crippen LogP contribution >= 0.6 is 0 Å². The molecule has 0 bridgehead atoms. The average molecular weight is 308 g/mol. The summed E-state index contributed by atoms with van der Waals surface area (Å²) in [5.41, 5.74) is 6.07. The number of nitrogens with two attached hydrogens (primary N) is 1. The summed E-state index contributed by atoms with van der Waals surface area (Å²) in [6.45, 7) is 3.97. The van der Waals surface area contributed by atoms with Crippen LogP contribution in [0.3, 0.4) is 0 Å². The number of methoxy groups -OCH3 is 1. The van der Waals surface area contributed by atoms with Crippen LogP contribution in [0.15, 0.2) is 36.1 Å². The van der Waals surface area contributed by atoms with E-state index >= 15 is 0 Å². The van der Waals surface area contributed by atoms with Crippen LogP contribution < -0.4 is 10.5 Å². The Morgan fingerprint density at radius 3 is 2.27 bits per heavy atom. The predicted octanol–water partition coefficient (Wildman–Crippen LogP) is 1.57. The third-order valence-electron chi connectivity index (χ3n) is 3.37. The number of hydrogen-bond donors (Lipinski definition) is 3. The van der Waals surface area contributed by atoms with Crippen molar-refractivity contribution in [2.45, 2.75) is 26.1 Å². The average Bonchev–Trinajstić information content (AvgIpc) is 2.46. The van der Waals surface area contributed by atoms with E-state index in [0.717, 1.165) is 17.4 Å². The molecule has 1 aromatic carbocycles. The van der Waals surface area contributed by atoms with Crippen LogP contribution in [-0.4, -0.2) is 41.4 Å². The second-order valence-corrected chi connectivity index (χ2v) is 5.42. The lowest BCUT2D eigenvalue weighted by molar-refractivity contribution is -0.131. The molecule has 1 aromatic rings. The van der Waals surface area contributed by atoms with Gasteiger partial charge in [0.1, 0.15) is 12.0 Å². The fourth-order valence-corrected chi connectivity index (χ4v) is 2.40. The van der Waals surface area contributed by atoms with Gasteiger partial charge >= 0.3 is 0 Å². The Morgan fingerprint density at radius 1 is 1.32 bits per heavy atom. The molecule has 0 aliphatic heterocycles. The second-order valence-electron chi connectivity index (χ2n) is 5.42. The first-order valence-electron chi connectivity index (χ1n) is 7.03. The maximum absolute atomic E-state index is 12.2. The lowest BCUT2D eigenvalue weighted by Crippen LogP contribution is -2.35. The summed E-state index contributed by atoms with van der Waals surface area (Å²) in [5, 5.41) is 18.8. The van der Waals surface area contributed by atoms with E-state index in [1.165, 1.54) is 4.90 Å². The molecule has 0 radical (unpaired) electrons. The molecule has 2 atom stereocenters. The van der Waals surface area contributed by atoms with Crippen molar-refractivity contribution < 1.29 is 19.7 Å². The Morgan fingerprint density at radius 2 is 1.86 bits per heavy atom. The minimum absolute atomic E-state index is 0.123. The number of rotatable bonds is 6. The number of benzene rings is 1. The summed E-state index contributed by atoms with van der Waals surface area (Å²) in [6, 6.07) is 7.17. The molecule has 0 aromatic heterocycles. The summed E-state index contributed by atoms with van der Waals surface area (Å²) in [5.74, 6) is -0.317. The molecule has 0 heterocycles. The summed E-state index contributed by atoms with van der Waals surface area (Å²) in [4.78, 5) is 13.7. The fraction of sp³-hybridized carbons (Fsp3) is 0.438. The lowest BCUT2D eigenvalue weighted by Gasteiger charge is -2.31. The Kier molecular flexibility index (Phi) is 6.39. The first-order chi connectivity index (χ1) is 10.3. The van der Waals surface area contributed by atoms with Gasteiger partial charge in [-0.1, -0.05) is 26.0 Å². The van der Waals surface area contributed by atoms with Gasteiger partial charge in [0.05, 0.1) is 13.2 Å². The quantitative estimate of drug-likeness (QED) is 0.421. The van der Waals surface area contributed by atoms with E-state index in [2.05, 4.69) is 0 Å². The van der Waals surface area contributed by atoms with Crippen molar-refractivity contribution in [3.63, 3.8) is 0 Å². The molecule has 1 amide bonds. The van der Waals surface area contributed by atoms with Crippen LogP contribution in [0.5, 0.6) is 5.75 Å². The number of aliphatic hydroxyl groups is 2. The monoisotopic (exact) mass is 308 g/mol. The van der Waals surface area contributed by atoms with Gasteiger partial charge in [-0.05, 0) is 23.6 Å². The number of carbonyl (C=O) groups is 1. The number of aliphatic hydroxyl groups excluding tert-OH is 2. The van der Waals surface area contributed by atoms with Crippen molar-refractivity contribution in [3.8, 4) is 5.75 Å². The van der Waals surface area contributed by atoms with E-state index in [1.807, 2.05) is 38.1 Å². The van der Waals surface area contributed by atoms with Crippen molar-refractivity contribution in [1.29, 1.82) is 0 Å². The van der Waals surface area contributed by atoms with E-state index in [1.54, 1.807) is 14.2 Å². The Bertz CT molecular complexity index is 523. The first kappa shape index (κ1) is 18.0. The maximum atomic E-state index is 12.2. The van der Waals surface area contributed by atoms with Crippen molar-refractivity contribution >= 4 is 5.91 Å². The van der Waals surface area contributed by atoms with Crippen molar-refractivity contribution in [2.75, 3.05) is 14.2 Å².